The van der Waals surface area contributed by atoms with Crippen molar-refractivity contribution in [3.05, 3.63) is 60.5 Å². The van der Waals surface area contributed by atoms with Crippen LogP contribution in [-0.4, -0.2) is 23.2 Å². The number of carbonyl (C=O) groups is 1. The number of anilines is 1. The van der Waals surface area contributed by atoms with Gasteiger partial charge in [-0.25, -0.2) is 4.98 Å². The second-order valence-electron chi connectivity index (χ2n) is 5.51. The summed E-state index contributed by atoms with van der Waals surface area (Å²) in [6.07, 6.45) is 4.16. The second-order valence-corrected chi connectivity index (χ2v) is 6.65. The van der Waals surface area contributed by atoms with Gasteiger partial charge in [-0.1, -0.05) is 24.3 Å². The Bertz CT molecular complexity index is 883. The zero-order chi connectivity index (χ0) is 16.4. The number of benzene rings is 2. The molecule has 0 N–H and O–H groups in total. The molecule has 3 aromatic rings. The molecule has 24 heavy (non-hydrogen) atoms. The first kappa shape index (κ1) is 15.0. The summed E-state index contributed by atoms with van der Waals surface area (Å²) in [5, 5.41) is 0. The van der Waals surface area contributed by atoms with E-state index in [9.17, 15) is 4.79 Å². The highest BCUT2D eigenvalue weighted by atomic mass is 32.2. The van der Waals surface area contributed by atoms with E-state index in [1.807, 2.05) is 47.4 Å². The normalized spacial score (nSPS) is 14.8. The summed E-state index contributed by atoms with van der Waals surface area (Å²) in [4.78, 5) is 20.0. The Balaban J connectivity index is 1.59. The van der Waals surface area contributed by atoms with Crippen LogP contribution < -0.4 is 4.90 Å². The molecule has 0 atom stereocenters. The molecule has 1 aromatic heterocycles. The number of amides is 1. The molecule has 0 bridgehead atoms. The highest BCUT2D eigenvalue weighted by molar-refractivity contribution is 7.99. The van der Waals surface area contributed by atoms with Crippen LogP contribution in [0.4, 0.5) is 5.69 Å². The topological polar surface area (TPSA) is 46.3 Å². The van der Waals surface area contributed by atoms with E-state index >= 15 is 0 Å². The fraction of sp³-hybridized carbons (Fsp3) is 0.158. The number of para-hydroxylation sites is 3. The van der Waals surface area contributed by atoms with Gasteiger partial charge < -0.3 is 9.32 Å². The first-order valence-electron chi connectivity index (χ1n) is 7.88. The summed E-state index contributed by atoms with van der Waals surface area (Å²) < 4.78 is 5.63. The lowest BCUT2D eigenvalue weighted by Gasteiger charge is -2.20. The van der Waals surface area contributed by atoms with Crippen molar-refractivity contribution < 1.29 is 9.21 Å². The molecule has 0 unspecified atom stereocenters. The van der Waals surface area contributed by atoms with Gasteiger partial charge in [0.25, 0.3) is 5.91 Å². The molecule has 0 radical (unpaired) electrons. The van der Waals surface area contributed by atoms with Gasteiger partial charge in [-0.15, -0.1) is 11.8 Å². The van der Waals surface area contributed by atoms with Gasteiger partial charge in [-0.2, -0.15) is 0 Å². The lowest BCUT2D eigenvalue weighted by molar-refractivity contribution is -0.114. The molecule has 120 valence electrons. The minimum Gasteiger partial charge on any atom is -0.437 e. The van der Waals surface area contributed by atoms with Gasteiger partial charge in [-0.05, 0) is 36.4 Å². The molecule has 2 aromatic carbocycles. The number of thioether (sulfide) groups is 1. The molecule has 4 rings (SSSR count). The van der Waals surface area contributed by atoms with E-state index in [2.05, 4.69) is 11.1 Å². The van der Waals surface area contributed by atoms with Gasteiger partial charge in [0.15, 0.2) is 5.58 Å². The minimum atomic E-state index is -0.0489. The summed E-state index contributed by atoms with van der Waals surface area (Å²) in [5.41, 5.74) is 2.49. The number of rotatable bonds is 2. The van der Waals surface area contributed by atoms with Crippen molar-refractivity contribution in [1.82, 2.24) is 4.98 Å². The number of fused-ring (bicyclic) bond motifs is 2. The predicted molar refractivity (Wildman–Crippen MR) is 97.2 cm³/mol. The van der Waals surface area contributed by atoms with E-state index in [-0.39, 0.29) is 5.91 Å². The average Bonchev–Trinajstić information content (AvgIpc) is 2.91. The molecule has 1 aliphatic heterocycles. The first-order valence-corrected chi connectivity index (χ1v) is 8.87. The summed E-state index contributed by atoms with van der Waals surface area (Å²) in [7, 11) is 0. The molecule has 5 heteroatoms. The maximum atomic E-state index is 12.7. The van der Waals surface area contributed by atoms with Crippen LogP contribution in [0.2, 0.25) is 0 Å². The van der Waals surface area contributed by atoms with Gasteiger partial charge in [0.2, 0.25) is 5.89 Å². The summed E-state index contributed by atoms with van der Waals surface area (Å²) in [6, 6.07) is 15.6. The molecule has 0 spiro atoms. The summed E-state index contributed by atoms with van der Waals surface area (Å²) >= 11 is 1.80. The Labute approximate surface area is 144 Å². The molecule has 0 aliphatic carbocycles. The number of aromatic nitrogens is 1. The van der Waals surface area contributed by atoms with Crippen molar-refractivity contribution >= 4 is 40.5 Å². The van der Waals surface area contributed by atoms with E-state index in [4.69, 9.17) is 4.42 Å². The Morgan fingerprint density at radius 3 is 2.92 bits per heavy atom. The highest BCUT2D eigenvalue weighted by Gasteiger charge is 2.19. The Morgan fingerprint density at radius 1 is 1.17 bits per heavy atom. The van der Waals surface area contributed by atoms with Crippen molar-refractivity contribution in [2.24, 2.45) is 0 Å². The van der Waals surface area contributed by atoms with Crippen LogP contribution in [0.25, 0.3) is 17.2 Å². The van der Waals surface area contributed by atoms with Crippen LogP contribution in [0.3, 0.4) is 0 Å². The van der Waals surface area contributed by atoms with E-state index < -0.39 is 0 Å². The number of hydrogen-bond acceptors (Lipinski definition) is 4. The number of carbonyl (C=O) groups excluding carboxylic acids is 1. The molecule has 0 fully saturated rings. The monoisotopic (exact) mass is 336 g/mol. The minimum absolute atomic E-state index is 0.0489. The van der Waals surface area contributed by atoms with Crippen molar-refractivity contribution in [3.63, 3.8) is 0 Å². The van der Waals surface area contributed by atoms with Gasteiger partial charge in [0.1, 0.15) is 5.52 Å². The van der Waals surface area contributed by atoms with E-state index in [1.54, 1.807) is 17.8 Å². The van der Waals surface area contributed by atoms with Crippen molar-refractivity contribution in [3.8, 4) is 0 Å². The van der Waals surface area contributed by atoms with Crippen LogP contribution >= 0.6 is 11.8 Å². The van der Waals surface area contributed by atoms with Crippen LogP contribution in [0.15, 0.2) is 63.9 Å². The van der Waals surface area contributed by atoms with E-state index in [0.717, 1.165) is 40.4 Å². The SMILES string of the molecule is O=C(/C=C/c1nc2ccccc2o1)N1CCCSc2ccccc21. The maximum absolute atomic E-state index is 12.7. The molecule has 1 aliphatic rings. The van der Waals surface area contributed by atoms with Crippen LogP contribution in [0.5, 0.6) is 0 Å². The third-order valence-corrected chi connectivity index (χ3v) is 5.03. The van der Waals surface area contributed by atoms with Crippen LogP contribution in [0.1, 0.15) is 12.3 Å². The molecule has 0 saturated heterocycles. The lowest BCUT2D eigenvalue weighted by atomic mass is 10.2. The Hall–Kier alpha value is -2.53. The fourth-order valence-electron chi connectivity index (χ4n) is 2.75. The van der Waals surface area contributed by atoms with Gasteiger partial charge in [-0.3, -0.25) is 4.79 Å². The molecule has 0 saturated carbocycles. The molecule has 4 nitrogen and oxygen atoms in total. The molecular formula is C19H16N2O2S. The number of hydrogen-bond donors (Lipinski definition) is 0. The second kappa shape index (κ2) is 6.53. The van der Waals surface area contributed by atoms with Crippen molar-refractivity contribution in [1.29, 1.82) is 0 Å². The number of oxazole rings is 1. The predicted octanol–water partition coefficient (Wildman–Crippen LogP) is 4.37. The molecular weight excluding hydrogens is 320 g/mol. The van der Waals surface area contributed by atoms with Gasteiger partial charge in [0.05, 0.1) is 5.69 Å². The first-order chi connectivity index (χ1) is 11.8. The third kappa shape index (κ3) is 2.95. The van der Waals surface area contributed by atoms with E-state index in [1.165, 1.54) is 6.08 Å². The largest absolute Gasteiger partial charge is 0.437 e. The average molecular weight is 336 g/mol. The number of nitrogens with zero attached hydrogens (tertiary/aromatic N) is 2. The standard InChI is InChI=1S/C19H16N2O2S/c22-19(11-10-18-20-14-6-1-3-8-16(14)23-18)21-12-5-13-24-17-9-4-2-7-15(17)21/h1-4,6-11H,5,12-13H2/b11-10+. The zero-order valence-corrected chi connectivity index (χ0v) is 13.8. The quantitative estimate of drug-likeness (QED) is 0.652. The lowest BCUT2D eigenvalue weighted by Crippen LogP contribution is -2.30. The summed E-state index contributed by atoms with van der Waals surface area (Å²) in [5.74, 6) is 1.42. The third-order valence-electron chi connectivity index (χ3n) is 3.88. The van der Waals surface area contributed by atoms with Gasteiger partial charge in [0, 0.05) is 23.6 Å². The molecule has 1 amide bonds. The smallest absolute Gasteiger partial charge is 0.251 e. The highest BCUT2D eigenvalue weighted by Crippen LogP contribution is 2.33. The Morgan fingerprint density at radius 2 is 2.00 bits per heavy atom. The van der Waals surface area contributed by atoms with Crippen molar-refractivity contribution in [2.45, 2.75) is 11.3 Å². The maximum Gasteiger partial charge on any atom is 0.251 e. The van der Waals surface area contributed by atoms with Crippen molar-refractivity contribution in [2.75, 3.05) is 17.2 Å². The van der Waals surface area contributed by atoms with Crippen LogP contribution in [-0.2, 0) is 4.79 Å². The zero-order valence-electron chi connectivity index (χ0n) is 13.0. The molecule has 2 heterocycles. The van der Waals surface area contributed by atoms with E-state index in [0.29, 0.717) is 5.89 Å². The van der Waals surface area contributed by atoms with Gasteiger partial charge >= 0.3 is 0 Å². The summed E-state index contributed by atoms with van der Waals surface area (Å²) in [6.45, 7) is 0.723. The Kier molecular flexibility index (Phi) is 4.09. The van der Waals surface area contributed by atoms with Crippen LogP contribution in [0, 0.1) is 0 Å². The fourth-order valence-corrected chi connectivity index (χ4v) is 3.74.